The molecule has 0 N–H and O–H groups in total. The number of aromatic nitrogens is 2. The maximum atomic E-state index is 6.34. The number of rotatable bonds is 3. The zero-order valence-corrected chi connectivity index (χ0v) is 14.8. The lowest BCUT2D eigenvalue weighted by Gasteiger charge is -2.08. The summed E-state index contributed by atoms with van der Waals surface area (Å²) in [5.41, 5.74) is 2.74. The zero-order chi connectivity index (χ0) is 17.0. The molecule has 0 saturated carbocycles. The van der Waals surface area contributed by atoms with Crippen molar-refractivity contribution in [1.29, 1.82) is 0 Å². The van der Waals surface area contributed by atoms with Crippen molar-refractivity contribution in [2.75, 3.05) is 14.2 Å². The zero-order valence-electron chi connectivity index (χ0n) is 14.1. The van der Waals surface area contributed by atoms with Gasteiger partial charge < -0.3 is 9.47 Å². The smallest absolute Gasteiger partial charge is 0.120 e. The van der Waals surface area contributed by atoms with Gasteiger partial charge in [0.1, 0.15) is 11.5 Å². The molecule has 0 radical (unpaired) electrons. The van der Waals surface area contributed by atoms with Crippen molar-refractivity contribution < 1.29 is 9.47 Å². The Hall–Kier alpha value is -2.20. The topological polar surface area (TPSA) is 36.3 Å². The number of nitrogens with zero attached hydrogens (tertiary/aromatic N) is 2. The molecule has 0 aliphatic carbocycles. The number of benzene rings is 2. The van der Waals surface area contributed by atoms with E-state index in [1.54, 1.807) is 20.3 Å². The predicted molar refractivity (Wildman–Crippen MR) is 95.3 cm³/mol. The molecule has 5 heteroatoms. The molecule has 2 aromatic carbocycles. The van der Waals surface area contributed by atoms with E-state index in [0.29, 0.717) is 5.02 Å². The van der Waals surface area contributed by atoms with Gasteiger partial charge in [-0.1, -0.05) is 25.4 Å². The summed E-state index contributed by atoms with van der Waals surface area (Å²) >= 11 is 6.34. The van der Waals surface area contributed by atoms with E-state index in [9.17, 15) is 0 Å². The Kier molecular flexibility index (Phi) is 5.50. The monoisotopic (exact) mass is 332 g/mol. The van der Waals surface area contributed by atoms with Crippen LogP contribution in [0.4, 0.5) is 0 Å². The lowest BCUT2D eigenvalue weighted by atomic mass is 10.2. The molecule has 1 heterocycles. The van der Waals surface area contributed by atoms with Crippen LogP contribution in [0.5, 0.6) is 11.5 Å². The molecule has 122 valence electrons. The fraction of sp³-hybridized carbons (Fsp3) is 0.278. The van der Waals surface area contributed by atoms with Gasteiger partial charge in [-0.15, -0.1) is 0 Å². The molecule has 3 aromatic rings. The van der Waals surface area contributed by atoms with E-state index in [-0.39, 0.29) is 0 Å². The van der Waals surface area contributed by atoms with Gasteiger partial charge >= 0.3 is 0 Å². The maximum Gasteiger partial charge on any atom is 0.120 e. The molecule has 1 aromatic heterocycles. The van der Waals surface area contributed by atoms with Crippen molar-refractivity contribution in [1.82, 2.24) is 9.78 Å². The van der Waals surface area contributed by atoms with Gasteiger partial charge in [0.05, 0.1) is 30.4 Å². The van der Waals surface area contributed by atoms with E-state index in [1.165, 1.54) is 0 Å². The minimum absolute atomic E-state index is 0.595. The van der Waals surface area contributed by atoms with E-state index in [2.05, 4.69) is 5.10 Å². The Bertz CT molecular complexity index is 812. The number of methoxy groups -OCH3 is 2. The van der Waals surface area contributed by atoms with Crippen LogP contribution >= 0.6 is 11.6 Å². The van der Waals surface area contributed by atoms with Crippen molar-refractivity contribution >= 4 is 22.5 Å². The first-order valence-electron chi connectivity index (χ1n) is 7.51. The van der Waals surface area contributed by atoms with E-state index in [0.717, 1.165) is 33.8 Å². The highest BCUT2D eigenvalue weighted by Gasteiger charge is 2.12. The van der Waals surface area contributed by atoms with Gasteiger partial charge in [0, 0.05) is 17.1 Å². The Labute approximate surface area is 141 Å². The maximum absolute atomic E-state index is 6.34. The van der Waals surface area contributed by atoms with E-state index in [1.807, 2.05) is 55.8 Å². The van der Waals surface area contributed by atoms with Crippen LogP contribution in [0.3, 0.4) is 0 Å². The first-order valence-corrected chi connectivity index (χ1v) is 7.89. The molecule has 23 heavy (non-hydrogen) atoms. The lowest BCUT2D eigenvalue weighted by Crippen LogP contribution is -1.99. The van der Waals surface area contributed by atoms with Gasteiger partial charge in [0.2, 0.25) is 0 Å². The Morgan fingerprint density at radius 2 is 1.57 bits per heavy atom. The second kappa shape index (κ2) is 7.38. The number of aryl methyl sites for hydroxylation is 1. The molecular formula is C18H21ClN2O2. The SMILES string of the molecule is CC.COc1ccc(-n2nc3ccc(OC)cc3c2C)c(Cl)c1. The third kappa shape index (κ3) is 3.27. The summed E-state index contributed by atoms with van der Waals surface area (Å²) in [6.45, 7) is 6.01. The van der Waals surface area contributed by atoms with E-state index in [4.69, 9.17) is 21.1 Å². The van der Waals surface area contributed by atoms with Gasteiger partial charge in [0.25, 0.3) is 0 Å². The Balaban J connectivity index is 0.000000924. The summed E-state index contributed by atoms with van der Waals surface area (Å²) < 4.78 is 12.3. The first-order chi connectivity index (χ1) is 11.1. The number of halogens is 1. The normalized spacial score (nSPS) is 10.2. The third-order valence-electron chi connectivity index (χ3n) is 3.50. The fourth-order valence-corrected chi connectivity index (χ4v) is 2.59. The molecule has 0 atom stereocenters. The van der Waals surface area contributed by atoms with Crippen LogP contribution in [0.15, 0.2) is 36.4 Å². The fourth-order valence-electron chi connectivity index (χ4n) is 2.34. The summed E-state index contributed by atoms with van der Waals surface area (Å²) in [6.07, 6.45) is 0. The third-order valence-corrected chi connectivity index (χ3v) is 3.80. The summed E-state index contributed by atoms with van der Waals surface area (Å²) in [5, 5.41) is 6.25. The van der Waals surface area contributed by atoms with Crippen LogP contribution in [0.25, 0.3) is 16.6 Å². The summed E-state index contributed by atoms with van der Waals surface area (Å²) in [7, 11) is 3.27. The molecule has 3 rings (SSSR count). The van der Waals surface area contributed by atoms with Gasteiger partial charge in [-0.3, -0.25) is 0 Å². The minimum atomic E-state index is 0.595. The van der Waals surface area contributed by atoms with Crippen LogP contribution < -0.4 is 9.47 Å². The molecule has 0 fully saturated rings. The number of fused-ring (bicyclic) bond motifs is 1. The Morgan fingerprint density at radius 1 is 0.957 bits per heavy atom. The molecule has 0 saturated heterocycles. The van der Waals surface area contributed by atoms with Crippen LogP contribution in [0.2, 0.25) is 5.02 Å². The lowest BCUT2D eigenvalue weighted by molar-refractivity contribution is 0.414. The second-order valence-electron chi connectivity index (χ2n) is 4.70. The molecule has 0 amide bonds. The molecule has 0 spiro atoms. The minimum Gasteiger partial charge on any atom is -0.497 e. The van der Waals surface area contributed by atoms with Gasteiger partial charge in [-0.2, -0.15) is 5.10 Å². The number of hydrogen-bond donors (Lipinski definition) is 0. The molecular weight excluding hydrogens is 312 g/mol. The van der Waals surface area contributed by atoms with Crippen LogP contribution in [0.1, 0.15) is 19.5 Å². The Morgan fingerprint density at radius 3 is 2.17 bits per heavy atom. The van der Waals surface area contributed by atoms with E-state index >= 15 is 0 Å². The van der Waals surface area contributed by atoms with Crippen molar-refractivity contribution in [2.45, 2.75) is 20.8 Å². The van der Waals surface area contributed by atoms with Crippen molar-refractivity contribution in [3.63, 3.8) is 0 Å². The van der Waals surface area contributed by atoms with Crippen molar-refractivity contribution in [3.8, 4) is 17.2 Å². The molecule has 0 aliphatic heterocycles. The number of hydrogen-bond acceptors (Lipinski definition) is 3. The van der Waals surface area contributed by atoms with Gasteiger partial charge in [0.15, 0.2) is 0 Å². The van der Waals surface area contributed by atoms with Gasteiger partial charge in [-0.25, -0.2) is 4.68 Å². The average Bonchev–Trinajstić information content (AvgIpc) is 2.92. The van der Waals surface area contributed by atoms with Crippen molar-refractivity contribution in [3.05, 3.63) is 47.1 Å². The molecule has 0 bridgehead atoms. The second-order valence-corrected chi connectivity index (χ2v) is 5.10. The quantitative estimate of drug-likeness (QED) is 0.674. The largest absolute Gasteiger partial charge is 0.497 e. The van der Waals surface area contributed by atoms with Crippen LogP contribution in [-0.2, 0) is 0 Å². The van der Waals surface area contributed by atoms with Gasteiger partial charge in [-0.05, 0) is 37.3 Å². The molecule has 0 aliphatic rings. The standard InChI is InChI=1S/C16H15ClN2O2.C2H6/c1-10-13-8-11(20-2)4-6-15(13)18-19(10)16-7-5-12(21-3)9-14(16)17;1-2/h4-9H,1-3H3;1-2H3. The van der Waals surface area contributed by atoms with Crippen molar-refractivity contribution in [2.24, 2.45) is 0 Å². The summed E-state index contributed by atoms with van der Waals surface area (Å²) in [5.74, 6) is 1.53. The van der Waals surface area contributed by atoms with E-state index < -0.39 is 0 Å². The van der Waals surface area contributed by atoms with Crippen LogP contribution in [-0.4, -0.2) is 24.0 Å². The highest BCUT2D eigenvalue weighted by molar-refractivity contribution is 6.32. The highest BCUT2D eigenvalue weighted by atomic mass is 35.5. The average molecular weight is 333 g/mol. The molecule has 0 unspecified atom stereocenters. The summed E-state index contributed by atoms with van der Waals surface area (Å²) in [4.78, 5) is 0. The number of ether oxygens (including phenoxy) is 2. The highest BCUT2D eigenvalue weighted by Crippen LogP contribution is 2.30. The van der Waals surface area contributed by atoms with Crippen LogP contribution in [0, 0.1) is 6.92 Å². The summed E-state index contributed by atoms with van der Waals surface area (Å²) in [6, 6.07) is 11.4. The first kappa shape index (κ1) is 17.2. The predicted octanol–water partition coefficient (Wildman–Crippen LogP) is 5.03. The molecule has 4 nitrogen and oxygen atoms in total.